The van der Waals surface area contributed by atoms with Crippen LogP contribution in [0.5, 0.6) is 0 Å². The van der Waals surface area contributed by atoms with E-state index in [1.807, 2.05) is 18.2 Å². The topological polar surface area (TPSA) is 70.7 Å². The van der Waals surface area contributed by atoms with Gasteiger partial charge < -0.3 is 5.32 Å². The molecule has 2 aromatic rings. The summed E-state index contributed by atoms with van der Waals surface area (Å²) < 4.78 is 1.60. The first-order chi connectivity index (χ1) is 9.15. The smallest absolute Gasteiger partial charge is 0.295 e. The molecule has 0 atom stereocenters. The molecule has 0 aliphatic heterocycles. The van der Waals surface area contributed by atoms with E-state index in [9.17, 15) is 4.79 Å². The first-order valence-electron chi connectivity index (χ1n) is 5.83. The van der Waals surface area contributed by atoms with Crippen LogP contribution in [0.4, 0.5) is 5.69 Å². The number of benzene rings is 1. The van der Waals surface area contributed by atoms with E-state index in [-0.39, 0.29) is 11.7 Å². The van der Waals surface area contributed by atoms with Gasteiger partial charge in [0.1, 0.15) is 5.82 Å². The Labute approximate surface area is 126 Å². The summed E-state index contributed by atoms with van der Waals surface area (Å²) in [6.45, 7) is 0. The van der Waals surface area contributed by atoms with Crippen molar-refractivity contribution in [3.05, 3.63) is 38.8 Å². The molecule has 19 heavy (non-hydrogen) atoms. The van der Waals surface area contributed by atoms with E-state index in [2.05, 4.69) is 52.4 Å². The molecule has 1 aromatic heterocycles. The van der Waals surface area contributed by atoms with Gasteiger partial charge in [-0.05, 0) is 56.8 Å². The fourth-order valence-electron chi connectivity index (χ4n) is 1.70. The minimum Gasteiger partial charge on any atom is -0.317 e. The second-order valence-electron chi connectivity index (χ2n) is 4.37. The van der Waals surface area contributed by atoms with Crippen molar-refractivity contribution in [2.75, 3.05) is 5.32 Å². The summed E-state index contributed by atoms with van der Waals surface area (Å²) in [6.07, 6.45) is 2.23. The fourth-order valence-corrected chi connectivity index (χ4v) is 2.90. The lowest BCUT2D eigenvalue weighted by molar-refractivity contribution is 0.101. The number of anilines is 1. The van der Waals surface area contributed by atoms with Crippen molar-refractivity contribution in [2.45, 2.75) is 18.8 Å². The lowest BCUT2D eigenvalue weighted by Gasteiger charge is -2.07. The van der Waals surface area contributed by atoms with E-state index in [0.717, 1.165) is 27.6 Å². The van der Waals surface area contributed by atoms with Crippen molar-refractivity contribution >= 4 is 43.5 Å². The van der Waals surface area contributed by atoms with E-state index in [4.69, 9.17) is 0 Å². The molecule has 1 amide bonds. The Balaban J connectivity index is 1.80. The number of H-pyrrole nitrogens is 1. The number of amides is 1. The van der Waals surface area contributed by atoms with Crippen LogP contribution in [0.2, 0.25) is 0 Å². The molecular formula is C12H10Br2N4O. The number of aromatic nitrogens is 3. The van der Waals surface area contributed by atoms with Gasteiger partial charge in [-0.2, -0.15) is 0 Å². The molecule has 1 heterocycles. The Morgan fingerprint density at radius 1 is 1.32 bits per heavy atom. The number of nitrogens with zero attached hydrogens (tertiary/aromatic N) is 2. The summed E-state index contributed by atoms with van der Waals surface area (Å²) in [5.74, 6) is 1.10. The third kappa shape index (κ3) is 2.71. The lowest BCUT2D eigenvalue weighted by atomic mass is 10.3. The van der Waals surface area contributed by atoms with Gasteiger partial charge in [0.25, 0.3) is 5.91 Å². The van der Waals surface area contributed by atoms with Gasteiger partial charge >= 0.3 is 0 Å². The minimum atomic E-state index is -0.323. The Morgan fingerprint density at radius 2 is 2.00 bits per heavy atom. The summed E-state index contributed by atoms with van der Waals surface area (Å²) in [4.78, 5) is 16.3. The SMILES string of the molecule is O=C(Nc1c(Br)cccc1Br)c1n[nH]c(C2CC2)n1. The zero-order valence-corrected chi connectivity index (χ0v) is 13.0. The van der Waals surface area contributed by atoms with Gasteiger partial charge in [0.2, 0.25) is 5.82 Å². The van der Waals surface area contributed by atoms with Gasteiger partial charge in [0, 0.05) is 14.9 Å². The van der Waals surface area contributed by atoms with Gasteiger partial charge in [0.15, 0.2) is 0 Å². The van der Waals surface area contributed by atoms with Crippen LogP contribution in [0.15, 0.2) is 27.1 Å². The van der Waals surface area contributed by atoms with Crippen molar-refractivity contribution in [3.8, 4) is 0 Å². The number of halogens is 2. The molecule has 0 saturated heterocycles. The molecule has 5 nitrogen and oxygen atoms in total. The Bertz CT molecular complexity index is 616. The summed E-state index contributed by atoms with van der Waals surface area (Å²) in [6, 6.07) is 5.59. The van der Waals surface area contributed by atoms with E-state index in [0.29, 0.717) is 11.6 Å². The Kier molecular flexibility index (Phi) is 3.40. The Hall–Kier alpha value is -1.21. The van der Waals surface area contributed by atoms with Gasteiger partial charge in [0.05, 0.1) is 5.69 Å². The lowest BCUT2D eigenvalue weighted by Crippen LogP contribution is -2.14. The number of rotatable bonds is 3. The summed E-state index contributed by atoms with van der Waals surface area (Å²) >= 11 is 6.79. The predicted molar refractivity (Wildman–Crippen MR) is 78.2 cm³/mol. The first kappa shape index (κ1) is 12.8. The number of hydrogen-bond donors (Lipinski definition) is 2. The predicted octanol–water partition coefficient (Wildman–Crippen LogP) is 3.46. The highest BCUT2D eigenvalue weighted by Crippen LogP contribution is 2.37. The van der Waals surface area contributed by atoms with Crippen LogP contribution >= 0.6 is 31.9 Å². The molecule has 0 unspecified atom stereocenters. The molecule has 2 N–H and O–H groups in total. The maximum absolute atomic E-state index is 12.1. The van der Waals surface area contributed by atoms with Crippen LogP contribution in [0.3, 0.4) is 0 Å². The maximum atomic E-state index is 12.1. The molecule has 1 saturated carbocycles. The van der Waals surface area contributed by atoms with Gasteiger partial charge in [-0.25, -0.2) is 4.98 Å². The highest BCUT2D eigenvalue weighted by atomic mass is 79.9. The number of para-hydroxylation sites is 1. The van der Waals surface area contributed by atoms with Crippen LogP contribution in [0.1, 0.15) is 35.2 Å². The highest BCUT2D eigenvalue weighted by molar-refractivity contribution is 9.11. The summed E-state index contributed by atoms with van der Waals surface area (Å²) in [7, 11) is 0. The molecule has 98 valence electrons. The molecular weight excluding hydrogens is 376 g/mol. The van der Waals surface area contributed by atoms with E-state index >= 15 is 0 Å². The number of aromatic amines is 1. The summed E-state index contributed by atoms with van der Waals surface area (Å²) in [5.41, 5.74) is 0.672. The number of carbonyl (C=O) groups is 1. The zero-order chi connectivity index (χ0) is 13.4. The van der Waals surface area contributed by atoms with E-state index in [1.165, 1.54) is 0 Å². The van der Waals surface area contributed by atoms with E-state index < -0.39 is 0 Å². The van der Waals surface area contributed by atoms with Crippen molar-refractivity contribution in [1.82, 2.24) is 15.2 Å². The molecule has 7 heteroatoms. The monoisotopic (exact) mass is 384 g/mol. The number of nitrogens with one attached hydrogen (secondary N) is 2. The molecule has 1 aliphatic rings. The van der Waals surface area contributed by atoms with Gasteiger partial charge in [-0.1, -0.05) is 6.07 Å². The third-order valence-electron chi connectivity index (χ3n) is 2.87. The van der Waals surface area contributed by atoms with Crippen LogP contribution in [-0.4, -0.2) is 21.1 Å². The Morgan fingerprint density at radius 3 is 2.63 bits per heavy atom. The molecule has 1 fully saturated rings. The quantitative estimate of drug-likeness (QED) is 0.849. The molecule has 0 bridgehead atoms. The average Bonchev–Trinajstić information content (AvgIpc) is 3.12. The van der Waals surface area contributed by atoms with Crippen LogP contribution in [-0.2, 0) is 0 Å². The van der Waals surface area contributed by atoms with Crippen LogP contribution < -0.4 is 5.32 Å². The van der Waals surface area contributed by atoms with Gasteiger partial charge in [-0.3, -0.25) is 9.89 Å². The molecule has 1 aliphatic carbocycles. The summed E-state index contributed by atoms with van der Waals surface area (Å²) in [5, 5.41) is 9.56. The zero-order valence-electron chi connectivity index (χ0n) is 9.78. The maximum Gasteiger partial charge on any atom is 0.295 e. The average molecular weight is 386 g/mol. The second-order valence-corrected chi connectivity index (χ2v) is 6.08. The van der Waals surface area contributed by atoms with Crippen molar-refractivity contribution in [3.63, 3.8) is 0 Å². The normalized spacial score (nSPS) is 14.4. The standard InChI is InChI=1S/C12H10Br2N4O/c13-7-2-1-3-8(14)9(7)15-12(19)11-16-10(17-18-11)6-4-5-6/h1-3,6H,4-5H2,(H,15,19)(H,16,17,18). The molecule has 0 radical (unpaired) electrons. The number of carbonyl (C=O) groups excluding carboxylic acids is 1. The second kappa shape index (κ2) is 5.05. The fraction of sp³-hybridized carbons (Fsp3) is 0.250. The largest absolute Gasteiger partial charge is 0.317 e. The van der Waals surface area contributed by atoms with Crippen molar-refractivity contribution in [1.29, 1.82) is 0 Å². The van der Waals surface area contributed by atoms with Crippen molar-refractivity contribution < 1.29 is 4.79 Å². The first-order valence-corrected chi connectivity index (χ1v) is 7.41. The van der Waals surface area contributed by atoms with Crippen molar-refractivity contribution in [2.24, 2.45) is 0 Å². The molecule has 1 aromatic carbocycles. The van der Waals surface area contributed by atoms with Crippen LogP contribution in [0, 0.1) is 0 Å². The van der Waals surface area contributed by atoms with Crippen LogP contribution in [0.25, 0.3) is 0 Å². The highest BCUT2D eigenvalue weighted by Gasteiger charge is 2.28. The van der Waals surface area contributed by atoms with Gasteiger partial charge in [-0.15, -0.1) is 5.10 Å². The molecule has 3 rings (SSSR count). The number of hydrogen-bond acceptors (Lipinski definition) is 3. The minimum absolute atomic E-state index is 0.171. The van der Waals surface area contributed by atoms with E-state index in [1.54, 1.807) is 0 Å². The molecule has 0 spiro atoms. The third-order valence-corrected chi connectivity index (χ3v) is 4.19.